The van der Waals surface area contributed by atoms with Gasteiger partial charge in [-0.15, -0.1) is 0 Å². The van der Waals surface area contributed by atoms with Crippen molar-refractivity contribution in [1.82, 2.24) is 0 Å². The Morgan fingerprint density at radius 2 is 0.562 bits per heavy atom. The molecule has 0 fully saturated rings. The normalized spacial score (nSPS) is 15.8. The summed E-state index contributed by atoms with van der Waals surface area (Å²) in [5.74, 6) is 0. The van der Waals surface area contributed by atoms with Crippen LogP contribution in [0.3, 0.4) is 0 Å². The largest absolute Gasteiger partial charge is 0.310 e. The first-order valence-electron chi connectivity index (χ1n) is 26.5. The summed E-state index contributed by atoms with van der Waals surface area (Å²) in [5.41, 5.74) is 22.9. The van der Waals surface area contributed by atoms with E-state index in [1.165, 1.54) is 89.0 Å². The molecule has 0 radical (unpaired) electrons. The van der Waals surface area contributed by atoms with E-state index in [1.807, 2.05) is 0 Å². The Hall–Kier alpha value is -7.22. The Balaban J connectivity index is 1.19. The molecule has 1 nitrogen and oxygen atoms in total. The molecule has 9 aromatic rings. The molecule has 2 aliphatic rings. The van der Waals surface area contributed by atoms with Crippen LogP contribution in [-0.4, -0.2) is 0 Å². The summed E-state index contributed by atoms with van der Waals surface area (Å²) in [7, 11) is 0. The second-order valence-corrected chi connectivity index (χ2v) is 25.0. The van der Waals surface area contributed by atoms with Crippen LogP contribution in [0.2, 0.25) is 0 Å². The van der Waals surface area contributed by atoms with Crippen molar-refractivity contribution in [1.29, 1.82) is 0 Å². The standard InChI is InChI=1S/C72H71N/c1-67(2,3)48-27-33-52(34-28-48)71(51-21-15-13-16-22-51)63-26-20-19-25-59(63)61-43-40-57(46-65(61)71)73(56-23-17-14-18-24-56)58-41-44-62-60-42-39-55(70(10,11)12)45-64(60)72(66(62)47-58,53-35-29-49(30-36-53)68(4,5)6)54-37-31-50(32-38-54)69(7,8)9/h13-47H,1-12H3. The van der Waals surface area contributed by atoms with Gasteiger partial charge >= 0.3 is 0 Å². The molecule has 2 aliphatic carbocycles. The zero-order valence-corrected chi connectivity index (χ0v) is 45.2. The van der Waals surface area contributed by atoms with E-state index in [1.54, 1.807) is 0 Å². The lowest BCUT2D eigenvalue weighted by atomic mass is 9.66. The highest BCUT2D eigenvalue weighted by molar-refractivity contribution is 5.92. The van der Waals surface area contributed by atoms with E-state index >= 15 is 0 Å². The van der Waals surface area contributed by atoms with Crippen LogP contribution in [0.1, 0.15) is 150 Å². The smallest absolute Gasteiger partial charge is 0.0714 e. The van der Waals surface area contributed by atoms with E-state index < -0.39 is 10.8 Å². The predicted molar refractivity (Wildman–Crippen MR) is 311 cm³/mol. The molecule has 1 unspecified atom stereocenters. The topological polar surface area (TPSA) is 3.24 Å². The lowest BCUT2D eigenvalue weighted by Crippen LogP contribution is -2.30. The number of anilines is 3. The van der Waals surface area contributed by atoms with Gasteiger partial charge in [0.25, 0.3) is 0 Å². The molecule has 0 aromatic heterocycles. The van der Waals surface area contributed by atoms with Crippen LogP contribution in [0.15, 0.2) is 212 Å². The first-order chi connectivity index (χ1) is 34.7. The van der Waals surface area contributed by atoms with Gasteiger partial charge in [-0.25, -0.2) is 0 Å². The SMILES string of the molecule is CC(C)(C)c1ccc(C2(c3ccccc3)c3ccccc3-c3ccc(N(c4ccccc4)c4ccc5c(c4)C(c4ccc(C(C)(C)C)cc4)(c4ccc(C(C)(C)C)cc4)c4cc(C(C)(C)C)ccc4-5)cc32)cc1. The van der Waals surface area contributed by atoms with Gasteiger partial charge in [-0.2, -0.15) is 0 Å². The molecule has 0 heterocycles. The lowest BCUT2D eigenvalue weighted by molar-refractivity contribution is 0.585. The average molecular weight is 950 g/mol. The van der Waals surface area contributed by atoms with Crippen molar-refractivity contribution < 1.29 is 0 Å². The summed E-state index contributed by atoms with van der Waals surface area (Å²) in [6.07, 6.45) is 0. The van der Waals surface area contributed by atoms with Gasteiger partial charge in [0.2, 0.25) is 0 Å². The maximum Gasteiger partial charge on any atom is 0.0714 e. The summed E-state index contributed by atoms with van der Waals surface area (Å²) < 4.78 is 0. The summed E-state index contributed by atoms with van der Waals surface area (Å²) >= 11 is 0. The fourth-order valence-corrected chi connectivity index (χ4v) is 12.3. The number of hydrogen-bond acceptors (Lipinski definition) is 1. The minimum atomic E-state index is -0.613. The Bertz CT molecular complexity index is 3440. The monoisotopic (exact) mass is 950 g/mol. The molecule has 0 bridgehead atoms. The van der Waals surface area contributed by atoms with Crippen LogP contribution >= 0.6 is 0 Å². The summed E-state index contributed by atoms with van der Waals surface area (Å²) in [4.78, 5) is 2.50. The molecule has 0 aliphatic heterocycles. The number of hydrogen-bond donors (Lipinski definition) is 0. The van der Waals surface area contributed by atoms with Gasteiger partial charge in [-0.05, 0) is 147 Å². The Kier molecular flexibility index (Phi) is 11.3. The van der Waals surface area contributed by atoms with E-state index in [2.05, 4.69) is 300 Å². The first-order valence-corrected chi connectivity index (χ1v) is 26.5. The van der Waals surface area contributed by atoms with Crippen molar-refractivity contribution in [2.45, 2.75) is 116 Å². The van der Waals surface area contributed by atoms with E-state index in [4.69, 9.17) is 0 Å². The highest BCUT2D eigenvalue weighted by Crippen LogP contribution is 2.60. The molecular formula is C72H71N. The lowest BCUT2D eigenvalue weighted by Gasteiger charge is -2.37. The predicted octanol–water partition coefficient (Wildman–Crippen LogP) is 19.1. The molecule has 11 rings (SSSR count). The summed E-state index contributed by atoms with van der Waals surface area (Å²) in [6.45, 7) is 27.8. The van der Waals surface area contributed by atoms with Crippen molar-refractivity contribution in [3.8, 4) is 22.3 Å². The zero-order valence-electron chi connectivity index (χ0n) is 45.2. The van der Waals surface area contributed by atoms with Gasteiger partial charge < -0.3 is 4.90 Å². The van der Waals surface area contributed by atoms with Crippen LogP contribution in [-0.2, 0) is 32.5 Å². The second kappa shape index (κ2) is 17.2. The van der Waals surface area contributed by atoms with Crippen LogP contribution < -0.4 is 4.90 Å². The minimum absolute atomic E-state index is 0.0134. The molecule has 0 saturated carbocycles. The molecule has 9 aromatic carbocycles. The minimum Gasteiger partial charge on any atom is -0.310 e. The molecule has 73 heavy (non-hydrogen) atoms. The van der Waals surface area contributed by atoms with Crippen molar-refractivity contribution in [3.63, 3.8) is 0 Å². The number of rotatable bonds is 7. The van der Waals surface area contributed by atoms with Crippen molar-refractivity contribution in [3.05, 3.63) is 279 Å². The third kappa shape index (κ3) is 7.81. The Morgan fingerprint density at radius 3 is 0.986 bits per heavy atom. The number of para-hydroxylation sites is 1. The average Bonchev–Trinajstić information content (AvgIpc) is 3.84. The molecule has 0 amide bonds. The zero-order chi connectivity index (χ0) is 51.3. The summed E-state index contributed by atoms with van der Waals surface area (Å²) in [5, 5.41) is 0. The third-order valence-electron chi connectivity index (χ3n) is 16.3. The fourth-order valence-electron chi connectivity index (χ4n) is 12.3. The van der Waals surface area contributed by atoms with Gasteiger partial charge in [-0.3, -0.25) is 0 Å². The van der Waals surface area contributed by atoms with E-state index in [0.29, 0.717) is 0 Å². The highest BCUT2D eigenvalue weighted by Gasteiger charge is 2.49. The molecule has 1 atom stereocenters. The van der Waals surface area contributed by atoms with Crippen molar-refractivity contribution >= 4 is 17.1 Å². The number of fused-ring (bicyclic) bond motifs is 6. The van der Waals surface area contributed by atoms with E-state index in [0.717, 1.165) is 17.1 Å². The Labute approximate surface area is 436 Å². The highest BCUT2D eigenvalue weighted by atomic mass is 15.1. The van der Waals surface area contributed by atoms with Gasteiger partial charge in [-0.1, -0.05) is 259 Å². The molecule has 1 heteroatoms. The quantitative estimate of drug-likeness (QED) is 0.154. The van der Waals surface area contributed by atoms with Gasteiger partial charge in [0.05, 0.1) is 10.8 Å². The second-order valence-electron chi connectivity index (χ2n) is 25.0. The maximum absolute atomic E-state index is 2.54. The first kappa shape index (κ1) is 48.1. The molecule has 0 saturated heterocycles. The summed E-state index contributed by atoms with van der Waals surface area (Å²) in [6, 6.07) is 81.9. The van der Waals surface area contributed by atoms with Crippen molar-refractivity contribution in [2.24, 2.45) is 0 Å². The van der Waals surface area contributed by atoms with Gasteiger partial charge in [0, 0.05) is 17.1 Å². The third-order valence-corrected chi connectivity index (χ3v) is 16.3. The Morgan fingerprint density at radius 1 is 0.247 bits per heavy atom. The number of benzene rings is 9. The van der Waals surface area contributed by atoms with Gasteiger partial charge in [0.15, 0.2) is 0 Å². The van der Waals surface area contributed by atoms with Crippen LogP contribution in [0.5, 0.6) is 0 Å². The molecule has 364 valence electrons. The fraction of sp³-hybridized carbons (Fsp3) is 0.250. The number of nitrogens with zero attached hydrogens (tertiary/aromatic N) is 1. The van der Waals surface area contributed by atoms with Crippen LogP contribution in [0, 0.1) is 0 Å². The van der Waals surface area contributed by atoms with Crippen molar-refractivity contribution in [2.75, 3.05) is 4.90 Å². The molecular weight excluding hydrogens is 879 g/mol. The van der Waals surface area contributed by atoms with Gasteiger partial charge in [0.1, 0.15) is 0 Å². The maximum atomic E-state index is 2.54. The van der Waals surface area contributed by atoms with Crippen LogP contribution in [0.4, 0.5) is 17.1 Å². The van der Waals surface area contributed by atoms with E-state index in [-0.39, 0.29) is 21.7 Å². The van der Waals surface area contributed by atoms with Crippen LogP contribution in [0.25, 0.3) is 22.3 Å². The molecule has 0 spiro atoms. The van der Waals surface area contributed by atoms with E-state index in [9.17, 15) is 0 Å². The molecule has 0 N–H and O–H groups in total.